The molecule has 1 N–H and O–H groups in total. The average molecular weight is 267 g/mol. The van der Waals surface area contributed by atoms with E-state index in [-0.39, 0.29) is 11.4 Å². The summed E-state index contributed by atoms with van der Waals surface area (Å²) in [5, 5.41) is 10.8. The number of hydrogen-bond acceptors (Lipinski definition) is 5. The van der Waals surface area contributed by atoms with Gasteiger partial charge in [0.1, 0.15) is 0 Å². The Hall–Kier alpha value is -1.80. The summed E-state index contributed by atoms with van der Waals surface area (Å²) < 4.78 is 27.9. The second kappa shape index (κ2) is 4.83. The van der Waals surface area contributed by atoms with Gasteiger partial charge in [-0.3, -0.25) is 0 Å². The molecule has 0 aliphatic rings. The Labute approximate surface area is 105 Å². The van der Waals surface area contributed by atoms with Gasteiger partial charge in [0.05, 0.1) is 11.4 Å². The van der Waals surface area contributed by atoms with Gasteiger partial charge in [0.15, 0.2) is 5.82 Å². The Balaban J connectivity index is 2.16. The summed E-state index contributed by atoms with van der Waals surface area (Å²) in [6, 6.07) is 6.70. The standard InChI is InChI=1S/C10H13N5O2S/c1-8-4-3-5-9(6-8)18(16,17)11-7-10-12-13-14-15(10)2/h3-6,11H,7H2,1-2H3. The molecule has 0 bridgehead atoms. The summed E-state index contributed by atoms with van der Waals surface area (Å²) in [5.41, 5.74) is 0.887. The van der Waals surface area contributed by atoms with E-state index in [1.165, 1.54) is 4.68 Å². The fourth-order valence-corrected chi connectivity index (χ4v) is 2.51. The Bertz CT molecular complexity index is 650. The van der Waals surface area contributed by atoms with Crippen molar-refractivity contribution in [1.29, 1.82) is 0 Å². The number of nitrogens with zero attached hydrogens (tertiary/aromatic N) is 4. The zero-order valence-corrected chi connectivity index (χ0v) is 10.8. The summed E-state index contributed by atoms with van der Waals surface area (Å²) >= 11 is 0. The molecule has 7 nitrogen and oxygen atoms in total. The highest BCUT2D eigenvalue weighted by Crippen LogP contribution is 2.10. The number of rotatable bonds is 4. The Kier molecular flexibility index (Phi) is 3.39. The van der Waals surface area contributed by atoms with E-state index < -0.39 is 10.0 Å². The smallest absolute Gasteiger partial charge is 0.231 e. The Morgan fingerprint density at radius 3 is 2.78 bits per heavy atom. The first kappa shape index (κ1) is 12.7. The molecular weight excluding hydrogens is 254 g/mol. The molecule has 96 valence electrons. The first-order chi connectivity index (χ1) is 8.49. The number of benzene rings is 1. The molecule has 1 aromatic heterocycles. The maximum atomic E-state index is 12.0. The lowest BCUT2D eigenvalue weighted by Gasteiger charge is -2.06. The summed E-state index contributed by atoms with van der Waals surface area (Å²) in [6.45, 7) is 1.89. The van der Waals surface area contributed by atoms with Crippen molar-refractivity contribution in [3.8, 4) is 0 Å². The van der Waals surface area contributed by atoms with Crippen LogP contribution in [-0.2, 0) is 23.6 Å². The van der Waals surface area contributed by atoms with E-state index in [4.69, 9.17) is 0 Å². The van der Waals surface area contributed by atoms with Crippen LogP contribution in [-0.4, -0.2) is 28.6 Å². The second-order valence-corrected chi connectivity index (χ2v) is 5.63. The van der Waals surface area contributed by atoms with Gasteiger partial charge < -0.3 is 0 Å². The minimum Gasteiger partial charge on any atom is -0.231 e. The maximum Gasteiger partial charge on any atom is 0.240 e. The van der Waals surface area contributed by atoms with Gasteiger partial charge in [-0.15, -0.1) is 5.10 Å². The molecule has 1 heterocycles. The zero-order valence-electron chi connectivity index (χ0n) is 10.0. The van der Waals surface area contributed by atoms with Gasteiger partial charge in [0.25, 0.3) is 0 Å². The van der Waals surface area contributed by atoms with Crippen LogP contribution in [0.15, 0.2) is 29.2 Å². The SMILES string of the molecule is Cc1cccc(S(=O)(=O)NCc2nnnn2C)c1. The van der Waals surface area contributed by atoms with Crippen LogP contribution in [0.25, 0.3) is 0 Å². The fraction of sp³-hybridized carbons (Fsp3) is 0.300. The number of tetrazole rings is 1. The largest absolute Gasteiger partial charge is 0.240 e. The average Bonchev–Trinajstić information content (AvgIpc) is 2.72. The molecule has 0 saturated heterocycles. The first-order valence-electron chi connectivity index (χ1n) is 5.26. The molecule has 8 heteroatoms. The molecule has 2 rings (SSSR count). The molecule has 2 aromatic rings. The van der Waals surface area contributed by atoms with Crippen LogP contribution in [0.1, 0.15) is 11.4 Å². The minimum absolute atomic E-state index is 0.0553. The van der Waals surface area contributed by atoms with Crippen molar-refractivity contribution in [2.75, 3.05) is 0 Å². The van der Waals surface area contributed by atoms with Crippen LogP contribution in [0, 0.1) is 6.92 Å². The molecule has 18 heavy (non-hydrogen) atoms. The van der Waals surface area contributed by atoms with Gasteiger partial charge in [-0.1, -0.05) is 12.1 Å². The zero-order chi connectivity index (χ0) is 13.2. The molecule has 0 atom stereocenters. The van der Waals surface area contributed by atoms with E-state index in [1.54, 1.807) is 25.2 Å². The third-order valence-corrected chi connectivity index (χ3v) is 3.83. The van der Waals surface area contributed by atoms with E-state index in [9.17, 15) is 8.42 Å². The van der Waals surface area contributed by atoms with Crippen LogP contribution < -0.4 is 4.72 Å². The van der Waals surface area contributed by atoms with Gasteiger partial charge in [0.2, 0.25) is 10.0 Å². The van der Waals surface area contributed by atoms with E-state index >= 15 is 0 Å². The Morgan fingerprint density at radius 2 is 2.17 bits per heavy atom. The fourth-order valence-electron chi connectivity index (χ4n) is 1.42. The lowest BCUT2D eigenvalue weighted by atomic mass is 10.2. The molecule has 0 unspecified atom stereocenters. The molecule has 1 aromatic carbocycles. The van der Waals surface area contributed by atoms with E-state index in [0.29, 0.717) is 5.82 Å². The first-order valence-corrected chi connectivity index (χ1v) is 6.75. The van der Waals surface area contributed by atoms with Crippen LogP contribution in [0.3, 0.4) is 0 Å². The summed E-state index contributed by atoms with van der Waals surface area (Å²) in [4.78, 5) is 0.234. The number of sulfonamides is 1. The normalized spacial score (nSPS) is 11.7. The van der Waals surface area contributed by atoms with Gasteiger partial charge in [-0.05, 0) is 35.0 Å². The van der Waals surface area contributed by atoms with E-state index in [2.05, 4.69) is 20.2 Å². The van der Waals surface area contributed by atoms with Crippen LogP contribution in [0.4, 0.5) is 0 Å². The van der Waals surface area contributed by atoms with E-state index in [1.807, 2.05) is 13.0 Å². The van der Waals surface area contributed by atoms with Crippen LogP contribution in [0.2, 0.25) is 0 Å². The third kappa shape index (κ3) is 2.71. The number of hydrogen-bond donors (Lipinski definition) is 1. The van der Waals surface area contributed by atoms with Crippen molar-refractivity contribution in [1.82, 2.24) is 24.9 Å². The Morgan fingerprint density at radius 1 is 1.39 bits per heavy atom. The lowest BCUT2D eigenvalue weighted by Crippen LogP contribution is -2.25. The predicted octanol–water partition coefficient (Wildman–Crippen LogP) is -0.00298. The highest BCUT2D eigenvalue weighted by atomic mass is 32.2. The molecular formula is C10H13N5O2S. The van der Waals surface area contributed by atoms with Gasteiger partial charge >= 0.3 is 0 Å². The van der Waals surface area contributed by atoms with E-state index in [0.717, 1.165) is 5.56 Å². The van der Waals surface area contributed by atoms with Crippen LogP contribution in [0.5, 0.6) is 0 Å². The molecule has 0 amide bonds. The van der Waals surface area contributed by atoms with Gasteiger partial charge in [-0.2, -0.15) is 0 Å². The van der Waals surface area contributed by atoms with Crippen molar-refractivity contribution in [3.05, 3.63) is 35.7 Å². The van der Waals surface area contributed by atoms with Crippen molar-refractivity contribution in [2.24, 2.45) is 7.05 Å². The highest BCUT2D eigenvalue weighted by molar-refractivity contribution is 7.89. The summed E-state index contributed by atoms with van der Waals surface area (Å²) in [7, 11) is -1.89. The number of aryl methyl sites for hydroxylation is 2. The number of nitrogens with one attached hydrogen (secondary N) is 1. The molecule has 0 saturated carbocycles. The van der Waals surface area contributed by atoms with Crippen LogP contribution >= 0.6 is 0 Å². The lowest BCUT2D eigenvalue weighted by molar-refractivity contribution is 0.575. The molecule has 0 radical (unpaired) electrons. The molecule has 0 aliphatic heterocycles. The van der Waals surface area contributed by atoms with Crippen molar-refractivity contribution in [3.63, 3.8) is 0 Å². The van der Waals surface area contributed by atoms with Crippen molar-refractivity contribution < 1.29 is 8.42 Å². The summed E-state index contributed by atoms with van der Waals surface area (Å²) in [6.07, 6.45) is 0. The molecule has 0 fully saturated rings. The molecule has 0 spiro atoms. The predicted molar refractivity (Wildman–Crippen MR) is 64.0 cm³/mol. The van der Waals surface area contributed by atoms with Gasteiger partial charge in [0, 0.05) is 7.05 Å². The minimum atomic E-state index is -3.53. The third-order valence-electron chi connectivity index (χ3n) is 2.43. The maximum absolute atomic E-state index is 12.0. The summed E-state index contributed by atoms with van der Waals surface area (Å²) in [5.74, 6) is 0.450. The van der Waals surface area contributed by atoms with Crippen molar-refractivity contribution in [2.45, 2.75) is 18.4 Å². The topological polar surface area (TPSA) is 89.8 Å². The monoisotopic (exact) mass is 267 g/mol. The van der Waals surface area contributed by atoms with Crippen molar-refractivity contribution >= 4 is 10.0 Å². The number of aromatic nitrogens is 4. The quantitative estimate of drug-likeness (QED) is 0.842. The highest BCUT2D eigenvalue weighted by Gasteiger charge is 2.15. The molecule has 0 aliphatic carbocycles. The van der Waals surface area contributed by atoms with Gasteiger partial charge in [-0.25, -0.2) is 17.8 Å². The second-order valence-electron chi connectivity index (χ2n) is 3.86.